The molecule has 3 rings (SSSR count). The zero-order valence-corrected chi connectivity index (χ0v) is 8.38. The molecule has 0 aliphatic heterocycles. The normalized spacial score (nSPS) is 28.8. The van der Waals surface area contributed by atoms with Gasteiger partial charge in [-0.15, -0.1) is 0 Å². The van der Waals surface area contributed by atoms with E-state index in [1.807, 2.05) is 0 Å². The first-order valence-corrected chi connectivity index (χ1v) is 5.39. The van der Waals surface area contributed by atoms with Crippen molar-refractivity contribution in [1.82, 2.24) is 0 Å². The lowest BCUT2D eigenvalue weighted by Gasteiger charge is -2.13. The molecule has 0 heteroatoms. The van der Waals surface area contributed by atoms with E-state index in [-0.39, 0.29) is 0 Å². The summed E-state index contributed by atoms with van der Waals surface area (Å²) in [6, 6.07) is 6.89. The Morgan fingerprint density at radius 2 is 2.15 bits per heavy atom. The van der Waals surface area contributed by atoms with Crippen molar-refractivity contribution in [2.75, 3.05) is 0 Å². The molecule has 2 aliphatic carbocycles. The highest BCUT2D eigenvalue weighted by Crippen LogP contribution is 2.57. The lowest BCUT2D eigenvalue weighted by Crippen LogP contribution is -1.96. The number of hydrogen-bond acceptors (Lipinski definition) is 0. The standard InChI is InChI=1S/C13H16/c1-8(2)11-5-3-4-9-6-10-7-12(10)13(9)11/h3-5,8,10,12H,6-7H2,1-2H3/t10-,12+/m1/s1. The molecule has 2 aliphatic rings. The molecule has 0 unspecified atom stereocenters. The summed E-state index contributed by atoms with van der Waals surface area (Å²) in [6.07, 6.45) is 2.83. The Balaban J connectivity index is 2.16. The van der Waals surface area contributed by atoms with Crippen molar-refractivity contribution in [3.63, 3.8) is 0 Å². The summed E-state index contributed by atoms with van der Waals surface area (Å²) in [5.74, 6) is 2.68. The molecule has 0 amide bonds. The third kappa shape index (κ3) is 0.979. The van der Waals surface area contributed by atoms with Gasteiger partial charge in [0.2, 0.25) is 0 Å². The summed E-state index contributed by atoms with van der Waals surface area (Å²) in [4.78, 5) is 0. The quantitative estimate of drug-likeness (QED) is 0.608. The molecule has 1 aromatic rings. The molecule has 0 radical (unpaired) electrons. The molecular formula is C13H16. The lowest BCUT2D eigenvalue weighted by molar-refractivity contribution is 0.841. The molecule has 0 aromatic heterocycles. The lowest BCUT2D eigenvalue weighted by atomic mass is 9.92. The van der Waals surface area contributed by atoms with Crippen molar-refractivity contribution in [2.24, 2.45) is 5.92 Å². The zero-order valence-electron chi connectivity index (χ0n) is 8.38. The second-order valence-corrected chi connectivity index (χ2v) is 4.88. The third-order valence-electron chi connectivity index (χ3n) is 3.63. The molecular weight excluding hydrogens is 156 g/mol. The summed E-state index contributed by atoms with van der Waals surface area (Å²) in [5, 5.41) is 0. The smallest absolute Gasteiger partial charge is 0.0122 e. The molecule has 1 aromatic carbocycles. The minimum Gasteiger partial charge on any atom is -0.0617 e. The van der Waals surface area contributed by atoms with Crippen LogP contribution in [0.4, 0.5) is 0 Å². The summed E-state index contributed by atoms with van der Waals surface area (Å²) in [7, 11) is 0. The van der Waals surface area contributed by atoms with Crippen LogP contribution in [0.5, 0.6) is 0 Å². The average molecular weight is 172 g/mol. The Labute approximate surface area is 80.0 Å². The maximum atomic E-state index is 2.33. The van der Waals surface area contributed by atoms with E-state index in [2.05, 4.69) is 32.0 Å². The van der Waals surface area contributed by atoms with Gasteiger partial charge in [0.25, 0.3) is 0 Å². The fourth-order valence-electron chi connectivity index (χ4n) is 2.88. The second-order valence-electron chi connectivity index (χ2n) is 4.88. The number of hydrogen-bond donors (Lipinski definition) is 0. The molecule has 13 heavy (non-hydrogen) atoms. The molecule has 2 atom stereocenters. The van der Waals surface area contributed by atoms with Crippen LogP contribution >= 0.6 is 0 Å². The van der Waals surface area contributed by atoms with Crippen molar-refractivity contribution >= 4 is 0 Å². The molecule has 0 nitrogen and oxygen atoms in total. The molecule has 0 bridgehead atoms. The van der Waals surface area contributed by atoms with Crippen LogP contribution in [0.3, 0.4) is 0 Å². The van der Waals surface area contributed by atoms with Crippen LogP contribution in [-0.2, 0) is 6.42 Å². The maximum absolute atomic E-state index is 2.33. The zero-order chi connectivity index (χ0) is 9.00. The van der Waals surface area contributed by atoms with Crippen molar-refractivity contribution in [3.8, 4) is 0 Å². The molecule has 1 saturated carbocycles. The first-order valence-electron chi connectivity index (χ1n) is 5.39. The van der Waals surface area contributed by atoms with Crippen molar-refractivity contribution in [2.45, 2.75) is 38.5 Å². The highest BCUT2D eigenvalue weighted by atomic mass is 14.5. The van der Waals surface area contributed by atoms with Crippen molar-refractivity contribution in [3.05, 3.63) is 34.9 Å². The van der Waals surface area contributed by atoms with E-state index in [9.17, 15) is 0 Å². The molecule has 0 spiro atoms. The topological polar surface area (TPSA) is 0 Å². The SMILES string of the molecule is CC(C)c1cccc2c1[C@H]1C[C@H]1C2. The number of fused-ring (bicyclic) bond motifs is 3. The Morgan fingerprint density at radius 3 is 2.92 bits per heavy atom. The van der Waals surface area contributed by atoms with E-state index in [1.54, 1.807) is 16.7 Å². The molecule has 1 fully saturated rings. The van der Waals surface area contributed by atoms with Crippen LogP contribution in [0.15, 0.2) is 18.2 Å². The van der Waals surface area contributed by atoms with Gasteiger partial charge in [-0.2, -0.15) is 0 Å². The minimum atomic E-state index is 0.703. The van der Waals surface area contributed by atoms with Gasteiger partial charge in [0.1, 0.15) is 0 Å². The fourth-order valence-corrected chi connectivity index (χ4v) is 2.88. The minimum absolute atomic E-state index is 0.703. The van der Waals surface area contributed by atoms with Gasteiger partial charge in [-0.1, -0.05) is 32.0 Å². The van der Waals surface area contributed by atoms with Crippen LogP contribution in [0.1, 0.15) is 48.8 Å². The van der Waals surface area contributed by atoms with Crippen LogP contribution in [-0.4, -0.2) is 0 Å². The van der Waals surface area contributed by atoms with Crippen LogP contribution < -0.4 is 0 Å². The van der Waals surface area contributed by atoms with Gasteiger partial charge in [0.15, 0.2) is 0 Å². The van der Waals surface area contributed by atoms with E-state index in [0.29, 0.717) is 5.92 Å². The number of benzene rings is 1. The van der Waals surface area contributed by atoms with Gasteiger partial charge in [-0.05, 0) is 47.3 Å². The predicted octanol–water partition coefficient (Wildman–Crippen LogP) is 3.47. The Kier molecular flexibility index (Phi) is 1.39. The van der Waals surface area contributed by atoms with E-state index in [4.69, 9.17) is 0 Å². The van der Waals surface area contributed by atoms with Crippen LogP contribution in [0.2, 0.25) is 0 Å². The monoisotopic (exact) mass is 172 g/mol. The van der Waals surface area contributed by atoms with Gasteiger partial charge in [0.05, 0.1) is 0 Å². The van der Waals surface area contributed by atoms with Crippen LogP contribution in [0.25, 0.3) is 0 Å². The maximum Gasteiger partial charge on any atom is -0.0122 e. The van der Waals surface area contributed by atoms with E-state index in [1.165, 1.54) is 12.8 Å². The summed E-state index contributed by atoms with van der Waals surface area (Å²) in [6.45, 7) is 4.62. The van der Waals surface area contributed by atoms with E-state index < -0.39 is 0 Å². The molecule has 68 valence electrons. The summed E-state index contributed by atoms with van der Waals surface area (Å²) >= 11 is 0. The van der Waals surface area contributed by atoms with E-state index >= 15 is 0 Å². The Hall–Kier alpha value is -0.780. The first-order chi connectivity index (χ1) is 6.27. The van der Waals surface area contributed by atoms with Gasteiger partial charge < -0.3 is 0 Å². The Bertz CT molecular complexity index is 349. The fraction of sp³-hybridized carbons (Fsp3) is 0.538. The van der Waals surface area contributed by atoms with Gasteiger partial charge in [0, 0.05) is 0 Å². The molecule has 0 N–H and O–H groups in total. The first kappa shape index (κ1) is 7.61. The highest BCUT2D eigenvalue weighted by molar-refractivity contribution is 5.47. The second kappa shape index (κ2) is 2.37. The van der Waals surface area contributed by atoms with Gasteiger partial charge in [-0.25, -0.2) is 0 Å². The van der Waals surface area contributed by atoms with E-state index in [0.717, 1.165) is 11.8 Å². The van der Waals surface area contributed by atoms with Crippen LogP contribution in [0, 0.1) is 5.92 Å². The Morgan fingerprint density at radius 1 is 1.31 bits per heavy atom. The average Bonchev–Trinajstić information content (AvgIpc) is 2.77. The highest BCUT2D eigenvalue weighted by Gasteiger charge is 2.46. The van der Waals surface area contributed by atoms with Gasteiger partial charge in [-0.3, -0.25) is 0 Å². The summed E-state index contributed by atoms with van der Waals surface area (Å²) in [5.41, 5.74) is 4.98. The third-order valence-corrected chi connectivity index (χ3v) is 3.63. The number of rotatable bonds is 1. The predicted molar refractivity (Wildman–Crippen MR) is 55.1 cm³/mol. The molecule has 0 saturated heterocycles. The van der Waals surface area contributed by atoms with Gasteiger partial charge >= 0.3 is 0 Å². The summed E-state index contributed by atoms with van der Waals surface area (Å²) < 4.78 is 0. The molecule has 0 heterocycles. The van der Waals surface area contributed by atoms with Crippen molar-refractivity contribution < 1.29 is 0 Å². The largest absolute Gasteiger partial charge is 0.0617 e. The van der Waals surface area contributed by atoms with Crippen molar-refractivity contribution in [1.29, 1.82) is 0 Å².